The number of hydrogen-bond acceptors (Lipinski definition) is 6. The molecule has 0 bridgehead atoms. The minimum atomic E-state index is -0.125. The third-order valence-electron chi connectivity index (χ3n) is 2.47. The Kier molecular flexibility index (Phi) is 4.22. The van der Waals surface area contributed by atoms with Gasteiger partial charge in [0.25, 0.3) is 0 Å². The van der Waals surface area contributed by atoms with Gasteiger partial charge in [0.05, 0.1) is 0 Å². The molecule has 0 spiro atoms. The Balaban J connectivity index is 1.72. The molecule has 2 N–H and O–H groups in total. The first-order chi connectivity index (χ1) is 9.15. The quantitative estimate of drug-likeness (QED) is 0.813. The molecule has 0 unspecified atom stereocenters. The molecule has 19 heavy (non-hydrogen) atoms. The lowest BCUT2D eigenvalue weighted by Gasteiger charge is -1.99. The first-order valence-corrected chi connectivity index (χ1v) is 6.13. The predicted molar refractivity (Wildman–Crippen MR) is 66.3 cm³/mol. The average molecular weight is 264 g/mol. The zero-order chi connectivity index (χ0) is 13.7. The van der Waals surface area contributed by atoms with Gasteiger partial charge in [0.1, 0.15) is 6.33 Å². The van der Waals surface area contributed by atoms with E-state index in [1.54, 1.807) is 0 Å². The number of amides is 1. The number of aromatic amines is 1. The van der Waals surface area contributed by atoms with Gasteiger partial charge in [-0.15, -0.1) is 0 Å². The molecule has 1 amide bonds. The van der Waals surface area contributed by atoms with Gasteiger partial charge in [0, 0.05) is 18.8 Å². The Bertz CT molecular complexity index is 519. The maximum absolute atomic E-state index is 11.5. The Labute approximate surface area is 110 Å². The summed E-state index contributed by atoms with van der Waals surface area (Å²) in [5.74, 6) is 1.73. The van der Waals surface area contributed by atoms with Crippen LogP contribution in [0, 0.1) is 0 Å². The van der Waals surface area contributed by atoms with Crippen molar-refractivity contribution in [1.82, 2.24) is 25.3 Å². The minimum Gasteiger partial charge on any atom is -0.339 e. The molecule has 8 nitrogen and oxygen atoms in total. The van der Waals surface area contributed by atoms with Crippen molar-refractivity contribution >= 4 is 11.9 Å². The molecule has 0 aromatic carbocycles. The maximum atomic E-state index is 11.5. The number of nitrogens with zero attached hydrogens (tertiary/aromatic N) is 4. The largest absolute Gasteiger partial charge is 0.339 e. The summed E-state index contributed by atoms with van der Waals surface area (Å²) in [5, 5.41) is 12.7. The van der Waals surface area contributed by atoms with Gasteiger partial charge in [-0.25, -0.2) is 5.10 Å². The van der Waals surface area contributed by atoms with Crippen molar-refractivity contribution in [1.29, 1.82) is 0 Å². The number of anilines is 1. The molecule has 0 fully saturated rings. The van der Waals surface area contributed by atoms with Crippen molar-refractivity contribution in [2.45, 2.75) is 39.0 Å². The van der Waals surface area contributed by atoms with Gasteiger partial charge in [-0.3, -0.25) is 10.1 Å². The van der Waals surface area contributed by atoms with Gasteiger partial charge in [0.15, 0.2) is 5.82 Å². The number of nitrogens with one attached hydrogen (secondary N) is 2. The molecule has 2 aromatic heterocycles. The molecular formula is C11H16N6O2. The van der Waals surface area contributed by atoms with Crippen molar-refractivity contribution in [2.75, 3.05) is 5.32 Å². The summed E-state index contributed by atoms with van der Waals surface area (Å²) >= 11 is 0. The molecule has 2 rings (SSSR count). The van der Waals surface area contributed by atoms with Crippen LogP contribution in [0.1, 0.15) is 44.3 Å². The van der Waals surface area contributed by atoms with Crippen LogP contribution in [-0.4, -0.2) is 31.2 Å². The second-order valence-electron chi connectivity index (χ2n) is 4.44. The number of rotatable bonds is 6. The molecule has 0 aliphatic carbocycles. The Morgan fingerprint density at radius 3 is 3.00 bits per heavy atom. The van der Waals surface area contributed by atoms with E-state index in [1.165, 1.54) is 6.33 Å². The molecule has 0 saturated carbocycles. The summed E-state index contributed by atoms with van der Waals surface area (Å²) in [6, 6.07) is 0. The van der Waals surface area contributed by atoms with E-state index in [9.17, 15) is 4.79 Å². The molecule has 0 radical (unpaired) electrons. The summed E-state index contributed by atoms with van der Waals surface area (Å²) < 4.78 is 5.09. The third kappa shape index (κ3) is 3.87. The molecule has 0 atom stereocenters. The van der Waals surface area contributed by atoms with Crippen LogP contribution in [0.3, 0.4) is 0 Å². The predicted octanol–water partition coefficient (Wildman–Crippen LogP) is 1.27. The molecule has 8 heteroatoms. The number of carbonyl (C=O) groups is 1. The first kappa shape index (κ1) is 13.2. The lowest BCUT2D eigenvalue weighted by Crippen LogP contribution is -2.12. The van der Waals surface area contributed by atoms with Gasteiger partial charge in [-0.2, -0.15) is 15.1 Å². The van der Waals surface area contributed by atoms with Crippen LogP contribution in [0.25, 0.3) is 0 Å². The van der Waals surface area contributed by atoms with Crippen LogP contribution in [0.15, 0.2) is 10.9 Å². The maximum Gasteiger partial charge on any atom is 0.226 e. The normalized spacial score (nSPS) is 10.9. The standard InChI is InChI=1S/C11H16N6O2/c1-7(2)10-15-9(19-17-10)5-3-4-8(18)14-11-12-6-13-16-11/h6-7H,3-5H2,1-2H3,(H2,12,13,14,16,18). The summed E-state index contributed by atoms with van der Waals surface area (Å²) in [4.78, 5) is 19.6. The second-order valence-corrected chi connectivity index (χ2v) is 4.44. The lowest BCUT2D eigenvalue weighted by molar-refractivity contribution is -0.116. The second kappa shape index (κ2) is 6.07. The van der Waals surface area contributed by atoms with Crippen LogP contribution < -0.4 is 5.32 Å². The van der Waals surface area contributed by atoms with Gasteiger partial charge in [0.2, 0.25) is 17.7 Å². The van der Waals surface area contributed by atoms with E-state index >= 15 is 0 Å². The van der Waals surface area contributed by atoms with Crippen LogP contribution in [0.5, 0.6) is 0 Å². The van der Waals surface area contributed by atoms with E-state index in [4.69, 9.17) is 4.52 Å². The SMILES string of the molecule is CC(C)c1noc(CCCC(=O)Nc2ncn[nH]2)n1. The van der Waals surface area contributed by atoms with E-state index in [2.05, 4.69) is 30.6 Å². The highest BCUT2D eigenvalue weighted by atomic mass is 16.5. The van der Waals surface area contributed by atoms with Crippen LogP contribution in [-0.2, 0) is 11.2 Å². The molecule has 0 aliphatic heterocycles. The van der Waals surface area contributed by atoms with E-state index < -0.39 is 0 Å². The number of aryl methyl sites for hydroxylation is 1. The Morgan fingerprint density at radius 1 is 1.53 bits per heavy atom. The summed E-state index contributed by atoms with van der Waals surface area (Å²) in [6.45, 7) is 4.00. The first-order valence-electron chi connectivity index (χ1n) is 6.13. The van der Waals surface area contributed by atoms with E-state index in [0.29, 0.717) is 36.9 Å². The fraction of sp³-hybridized carbons (Fsp3) is 0.545. The summed E-state index contributed by atoms with van der Waals surface area (Å²) in [5.41, 5.74) is 0. The Morgan fingerprint density at radius 2 is 2.37 bits per heavy atom. The van der Waals surface area contributed by atoms with Gasteiger partial charge < -0.3 is 4.52 Å². The highest BCUT2D eigenvalue weighted by Crippen LogP contribution is 2.11. The van der Waals surface area contributed by atoms with E-state index in [0.717, 1.165) is 0 Å². The van der Waals surface area contributed by atoms with Crippen LogP contribution in [0.4, 0.5) is 5.95 Å². The highest BCUT2D eigenvalue weighted by molar-refractivity contribution is 5.88. The molecule has 102 valence electrons. The van der Waals surface area contributed by atoms with Crippen LogP contribution >= 0.6 is 0 Å². The zero-order valence-corrected chi connectivity index (χ0v) is 10.9. The third-order valence-corrected chi connectivity index (χ3v) is 2.47. The topological polar surface area (TPSA) is 110 Å². The highest BCUT2D eigenvalue weighted by Gasteiger charge is 2.10. The van der Waals surface area contributed by atoms with E-state index in [-0.39, 0.29) is 11.8 Å². The van der Waals surface area contributed by atoms with Crippen molar-refractivity contribution in [2.24, 2.45) is 0 Å². The number of aromatic nitrogens is 5. The van der Waals surface area contributed by atoms with Crippen LogP contribution in [0.2, 0.25) is 0 Å². The van der Waals surface area contributed by atoms with Crippen molar-refractivity contribution < 1.29 is 9.32 Å². The van der Waals surface area contributed by atoms with Gasteiger partial charge in [-0.05, 0) is 6.42 Å². The fourth-order valence-corrected chi connectivity index (χ4v) is 1.46. The monoisotopic (exact) mass is 264 g/mol. The average Bonchev–Trinajstić information content (AvgIpc) is 3.00. The van der Waals surface area contributed by atoms with Crippen molar-refractivity contribution in [3.63, 3.8) is 0 Å². The number of H-pyrrole nitrogens is 1. The molecule has 0 saturated heterocycles. The summed E-state index contributed by atoms with van der Waals surface area (Å²) in [7, 11) is 0. The summed E-state index contributed by atoms with van der Waals surface area (Å²) in [6.07, 6.45) is 2.92. The van der Waals surface area contributed by atoms with Crippen molar-refractivity contribution in [3.05, 3.63) is 18.0 Å². The Hall–Kier alpha value is -2.25. The van der Waals surface area contributed by atoms with Crippen molar-refractivity contribution in [3.8, 4) is 0 Å². The van der Waals surface area contributed by atoms with Gasteiger partial charge >= 0.3 is 0 Å². The smallest absolute Gasteiger partial charge is 0.226 e. The molecule has 2 aromatic rings. The lowest BCUT2D eigenvalue weighted by atomic mass is 10.2. The molecule has 2 heterocycles. The zero-order valence-electron chi connectivity index (χ0n) is 10.9. The minimum absolute atomic E-state index is 0.125. The fourth-order valence-electron chi connectivity index (χ4n) is 1.46. The number of carbonyl (C=O) groups excluding carboxylic acids is 1. The molecule has 0 aliphatic rings. The molecular weight excluding hydrogens is 248 g/mol. The van der Waals surface area contributed by atoms with Gasteiger partial charge in [-0.1, -0.05) is 19.0 Å². The van der Waals surface area contributed by atoms with E-state index in [1.807, 2.05) is 13.8 Å². The number of hydrogen-bond donors (Lipinski definition) is 2.